The first-order valence-corrected chi connectivity index (χ1v) is 5.67. The van der Waals surface area contributed by atoms with Crippen LogP contribution in [0.5, 0.6) is 0 Å². The quantitative estimate of drug-likeness (QED) is 0.728. The van der Waals surface area contributed by atoms with Crippen molar-refractivity contribution in [1.82, 2.24) is 19.7 Å². The fourth-order valence-corrected chi connectivity index (χ4v) is 2.20. The number of pyridine rings is 1. The molecule has 82 valence electrons. The molecule has 4 nitrogen and oxygen atoms in total. The van der Waals surface area contributed by atoms with Crippen molar-refractivity contribution >= 4 is 0 Å². The van der Waals surface area contributed by atoms with Crippen LogP contribution in [0, 0.1) is 5.92 Å². The van der Waals surface area contributed by atoms with Gasteiger partial charge >= 0.3 is 0 Å². The Kier molecular flexibility index (Phi) is 2.20. The van der Waals surface area contributed by atoms with E-state index in [4.69, 9.17) is 0 Å². The second-order valence-corrected chi connectivity index (χ2v) is 4.43. The summed E-state index contributed by atoms with van der Waals surface area (Å²) in [6, 6.07) is 3.96. The lowest BCUT2D eigenvalue weighted by Crippen LogP contribution is -2.17. The highest BCUT2D eigenvalue weighted by molar-refractivity contribution is 5.54. The molecule has 1 unspecified atom stereocenters. The molecule has 4 heteroatoms. The normalized spacial score (nSPS) is 19.4. The van der Waals surface area contributed by atoms with Crippen molar-refractivity contribution in [3.63, 3.8) is 0 Å². The molecule has 0 saturated carbocycles. The van der Waals surface area contributed by atoms with Crippen LogP contribution in [0.4, 0.5) is 0 Å². The Morgan fingerprint density at radius 1 is 1.25 bits per heavy atom. The van der Waals surface area contributed by atoms with Gasteiger partial charge in [-0.15, -0.1) is 10.2 Å². The molecule has 0 bridgehead atoms. The van der Waals surface area contributed by atoms with Gasteiger partial charge in [0.2, 0.25) is 0 Å². The fraction of sp³-hybridized carbons (Fsp3) is 0.417. The molecule has 0 aromatic carbocycles. The minimum absolute atomic E-state index is 0.724. The van der Waals surface area contributed by atoms with E-state index in [1.165, 1.54) is 6.42 Å². The summed E-state index contributed by atoms with van der Waals surface area (Å²) in [7, 11) is 0. The summed E-state index contributed by atoms with van der Waals surface area (Å²) in [5.74, 6) is 2.82. The monoisotopic (exact) mass is 214 g/mol. The van der Waals surface area contributed by atoms with E-state index in [9.17, 15) is 0 Å². The van der Waals surface area contributed by atoms with Gasteiger partial charge in [-0.3, -0.25) is 4.98 Å². The van der Waals surface area contributed by atoms with E-state index in [-0.39, 0.29) is 0 Å². The van der Waals surface area contributed by atoms with Crippen LogP contribution in [0.1, 0.15) is 19.2 Å². The largest absolute Gasteiger partial charge is 0.311 e. The molecule has 0 spiro atoms. The van der Waals surface area contributed by atoms with Gasteiger partial charge in [-0.05, 0) is 24.5 Å². The number of aromatic nitrogens is 4. The van der Waals surface area contributed by atoms with Crippen LogP contribution in [0.3, 0.4) is 0 Å². The lowest BCUT2D eigenvalue weighted by atomic mass is 10.0. The molecule has 1 aliphatic heterocycles. The molecule has 0 fully saturated rings. The number of nitrogens with zero attached hydrogens (tertiary/aromatic N) is 4. The van der Waals surface area contributed by atoms with Crippen LogP contribution in [-0.2, 0) is 13.0 Å². The lowest BCUT2D eigenvalue weighted by Gasteiger charge is -2.20. The van der Waals surface area contributed by atoms with Crippen molar-refractivity contribution in [2.24, 2.45) is 5.92 Å². The predicted molar refractivity (Wildman–Crippen MR) is 60.7 cm³/mol. The van der Waals surface area contributed by atoms with E-state index >= 15 is 0 Å². The van der Waals surface area contributed by atoms with E-state index < -0.39 is 0 Å². The second kappa shape index (κ2) is 3.70. The Bertz CT molecular complexity index is 489. The maximum Gasteiger partial charge on any atom is 0.164 e. The number of hydrogen-bond acceptors (Lipinski definition) is 3. The van der Waals surface area contributed by atoms with Crippen molar-refractivity contribution in [2.75, 3.05) is 0 Å². The highest BCUT2D eigenvalue weighted by Crippen LogP contribution is 2.24. The Balaban J connectivity index is 2.04. The first kappa shape index (κ1) is 9.51. The summed E-state index contributed by atoms with van der Waals surface area (Å²) in [4.78, 5) is 4.02. The van der Waals surface area contributed by atoms with Gasteiger partial charge in [0.15, 0.2) is 5.82 Å². The highest BCUT2D eigenvalue weighted by Gasteiger charge is 2.20. The summed E-state index contributed by atoms with van der Waals surface area (Å²) in [5.41, 5.74) is 1.10. The predicted octanol–water partition coefficient (Wildman–Crippen LogP) is 1.92. The van der Waals surface area contributed by atoms with Crippen LogP contribution in [-0.4, -0.2) is 19.7 Å². The average molecular weight is 214 g/mol. The summed E-state index contributed by atoms with van der Waals surface area (Å²) >= 11 is 0. The third kappa shape index (κ3) is 1.50. The van der Waals surface area contributed by atoms with Gasteiger partial charge in [0.1, 0.15) is 5.82 Å². The SMILES string of the molecule is CC1CCn2c(nnc2-c2ccncc2)C1. The molecule has 3 rings (SSSR count). The molecule has 0 amide bonds. The van der Waals surface area contributed by atoms with Gasteiger partial charge < -0.3 is 4.57 Å². The summed E-state index contributed by atoms with van der Waals surface area (Å²) in [5, 5.41) is 8.56. The van der Waals surface area contributed by atoms with E-state index in [1.54, 1.807) is 12.4 Å². The standard InChI is InChI=1S/C12H14N4/c1-9-4-7-16-11(8-9)14-15-12(16)10-2-5-13-6-3-10/h2-3,5-6,9H,4,7-8H2,1H3. The molecule has 1 atom stereocenters. The second-order valence-electron chi connectivity index (χ2n) is 4.43. The Morgan fingerprint density at radius 3 is 2.88 bits per heavy atom. The van der Waals surface area contributed by atoms with E-state index in [1.807, 2.05) is 12.1 Å². The van der Waals surface area contributed by atoms with Crippen molar-refractivity contribution < 1.29 is 0 Å². The van der Waals surface area contributed by atoms with E-state index in [2.05, 4.69) is 26.7 Å². The van der Waals surface area contributed by atoms with Crippen LogP contribution in [0.25, 0.3) is 11.4 Å². The molecule has 3 heterocycles. The zero-order chi connectivity index (χ0) is 11.0. The number of fused-ring (bicyclic) bond motifs is 1. The molecular formula is C12H14N4. The fourth-order valence-electron chi connectivity index (χ4n) is 2.20. The van der Waals surface area contributed by atoms with Crippen molar-refractivity contribution in [1.29, 1.82) is 0 Å². The van der Waals surface area contributed by atoms with Gasteiger partial charge in [0.25, 0.3) is 0 Å². The first-order chi connectivity index (χ1) is 7.84. The Labute approximate surface area is 94.4 Å². The molecule has 16 heavy (non-hydrogen) atoms. The molecule has 0 radical (unpaired) electrons. The van der Waals surface area contributed by atoms with Crippen molar-refractivity contribution in [3.8, 4) is 11.4 Å². The molecule has 0 N–H and O–H groups in total. The van der Waals surface area contributed by atoms with Crippen molar-refractivity contribution in [2.45, 2.75) is 26.3 Å². The van der Waals surface area contributed by atoms with Crippen LogP contribution in [0.15, 0.2) is 24.5 Å². The topological polar surface area (TPSA) is 43.6 Å². The molecule has 1 aliphatic rings. The molecular weight excluding hydrogens is 200 g/mol. The van der Waals surface area contributed by atoms with Gasteiger partial charge in [0, 0.05) is 30.9 Å². The molecule has 0 saturated heterocycles. The highest BCUT2D eigenvalue weighted by atomic mass is 15.3. The minimum atomic E-state index is 0.724. The summed E-state index contributed by atoms with van der Waals surface area (Å²) in [6.07, 6.45) is 5.84. The Hall–Kier alpha value is -1.71. The summed E-state index contributed by atoms with van der Waals surface area (Å²) < 4.78 is 2.23. The lowest BCUT2D eigenvalue weighted by molar-refractivity contribution is 0.411. The smallest absolute Gasteiger partial charge is 0.164 e. The zero-order valence-electron chi connectivity index (χ0n) is 9.30. The maximum atomic E-state index is 4.29. The van der Waals surface area contributed by atoms with Gasteiger partial charge in [-0.25, -0.2) is 0 Å². The Morgan fingerprint density at radius 2 is 2.06 bits per heavy atom. The number of rotatable bonds is 1. The van der Waals surface area contributed by atoms with Crippen LogP contribution in [0.2, 0.25) is 0 Å². The number of hydrogen-bond donors (Lipinski definition) is 0. The first-order valence-electron chi connectivity index (χ1n) is 5.67. The van der Waals surface area contributed by atoms with Gasteiger partial charge in [0.05, 0.1) is 0 Å². The van der Waals surface area contributed by atoms with Crippen molar-refractivity contribution in [3.05, 3.63) is 30.4 Å². The van der Waals surface area contributed by atoms with Gasteiger partial charge in [-0.1, -0.05) is 6.92 Å². The maximum absolute atomic E-state index is 4.29. The molecule has 2 aromatic rings. The summed E-state index contributed by atoms with van der Waals surface area (Å²) in [6.45, 7) is 3.30. The third-order valence-electron chi connectivity index (χ3n) is 3.14. The zero-order valence-corrected chi connectivity index (χ0v) is 9.30. The van der Waals surface area contributed by atoms with E-state index in [0.717, 1.165) is 36.1 Å². The van der Waals surface area contributed by atoms with Crippen LogP contribution >= 0.6 is 0 Å². The van der Waals surface area contributed by atoms with Crippen LogP contribution < -0.4 is 0 Å². The average Bonchev–Trinajstić information content (AvgIpc) is 2.73. The minimum Gasteiger partial charge on any atom is -0.311 e. The van der Waals surface area contributed by atoms with E-state index in [0.29, 0.717) is 0 Å². The van der Waals surface area contributed by atoms with Gasteiger partial charge in [-0.2, -0.15) is 0 Å². The molecule has 0 aliphatic carbocycles. The third-order valence-corrected chi connectivity index (χ3v) is 3.14. The molecule has 2 aromatic heterocycles.